The van der Waals surface area contributed by atoms with E-state index >= 15 is 0 Å². The normalized spacial score (nSPS) is 28.4. The van der Waals surface area contributed by atoms with Crippen molar-refractivity contribution < 1.29 is 9.53 Å². The highest BCUT2D eigenvalue weighted by atomic mass is 16.5. The summed E-state index contributed by atoms with van der Waals surface area (Å²) in [6.45, 7) is 5.15. The first-order valence-electron chi connectivity index (χ1n) is 6.18. The van der Waals surface area contributed by atoms with Crippen molar-refractivity contribution in [1.82, 2.24) is 10.4 Å². The van der Waals surface area contributed by atoms with E-state index in [9.17, 15) is 4.79 Å². The number of nitrogens with zero attached hydrogens (tertiary/aromatic N) is 1. The van der Waals surface area contributed by atoms with Crippen molar-refractivity contribution in [3.05, 3.63) is 35.9 Å². The second-order valence-corrected chi connectivity index (χ2v) is 5.08. The van der Waals surface area contributed by atoms with Crippen LogP contribution in [0.5, 0.6) is 0 Å². The van der Waals surface area contributed by atoms with Crippen molar-refractivity contribution in [2.24, 2.45) is 5.41 Å². The maximum Gasteiger partial charge on any atom is 0.244 e. The van der Waals surface area contributed by atoms with Gasteiger partial charge in [0.2, 0.25) is 5.91 Å². The molecule has 4 nitrogen and oxygen atoms in total. The summed E-state index contributed by atoms with van der Waals surface area (Å²) in [4.78, 5) is 12.1. The van der Waals surface area contributed by atoms with Gasteiger partial charge in [-0.15, -0.1) is 0 Å². The molecule has 98 valence electrons. The number of hydrogen-bond acceptors (Lipinski definition) is 3. The molecule has 1 saturated heterocycles. The first-order valence-corrected chi connectivity index (χ1v) is 6.18. The number of ether oxygens (including phenoxy) is 1. The van der Waals surface area contributed by atoms with Gasteiger partial charge in [0.1, 0.15) is 0 Å². The standard InChI is InChI=1S/C14H20N2O2/c1-11-14(2,10-18-3)13(17)15-16(11)9-12-7-5-4-6-8-12/h4-8,11H,9-10H2,1-3H3,(H,15,17). The van der Waals surface area contributed by atoms with Gasteiger partial charge >= 0.3 is 0 Å². The number of hydrogen-bond donors (Lipinski definition) is 1. The molecule has 1 aromatic carbocycles. The zero-order valence-electron chi connectivity index (χ0n) is 11.1. The predicted octanol–water partition coefficient (Wildman–Crippen LogP) is 1.57. The predicted molar refractivity (Wildman–Crippen MR) is 69.6 cm³/mol. The van der Waals surface area contributed by atoms with E-state index in [1.807, 2.05) is 30.1 Å². The fraction of sp³-hybridized carbons (Fsp3) is 0.500. The smallest absolute Gasteiger partial charge is 0.244 e. The molecule has 2 rings (SSSR count). The molecule has 1 aliphatic rings. The average molecular weight is 248 g/mol. The molecular weight excluding hydrogens is 228 g/mol. The Hall–Kier alpha value is -1.39. The summed E-state index contributed by atoms with van der Waals surface area (Å²) in [7, 11) is 1.63. The van der Waals surface area contributed by atoms with E-state index in [1.54, 1.807) is 7.11 Å². The molecule has 4 heteroatoms. The summed E-state index contributed by atoms with van der Waals surface area (Å²) in [5.74, 6) is 0.0350. The fourth-order valence-corrected chi connectivity index (χ4v) is 2.33. The van der Waals surface area contributed by atoms with Crippen molar-refractivity contribution in [1.29, 1.82) is 0 Å². The lowest BCUT2D eigenvalue weighted by atomic mass is 9.84. The van der Waals surface area contributed by atoms with Gasteiger partial charge in [-0.1, -0.05) is 30.3 Å². The quantitative estimate of drug-likeness (QED) is 0.879. The van der Waals surface area contributed by atoms with Gasteiger partial charge < -0.3 is 4.74 Å². The fourth-order valence-electron chi connectivity index (χ4n) is 2.33. The SMILES string of the molecule is COCC1(C)C(=O)NN(Cc2ccccc2)C1C. The van der Waals surface area contributed by atoms with E-state index in [1.165, 1.54) is 5.56 Å². The second-order valence-electron chi connectivity index (χ2n) is 5.08. The van der Waals surface area contributed by atoms with Crippen LogP contribution in [-0.4, -0.2) is 30.7 Å². The first-order chi connectivity index (χ1) is 8.58. The molecule has 1 fully saturated rings. The minimum atomic E-state index is -0.483. The molecular formula is C14H20N2O2. The van der Waals surface area contributed by atoms with Crippen molar-refractivity contribution in [3.8, 4) is 0 Å². The molecule has 0 bridgehead atoms. The summed E-state index contributed by atoms with van der Waals surface area (Å²) in [5, 5.41) is 1.98. The molecule has 0 spiro atoms. The molecule has 1 aromatic rings. The lowest BCUT2D eigenvalue weighted by Crippen LogP contribution is -2.40. The number of carbonyl (C=O) groups excluding carboxylic acids is 1. The van der Waals surface area contributed by atoms with Gasteiger partial charge in [-0.05, 0) is 19.4 Å². The van der Waals surface area contributed by atoms with Crippen LogP contribution in [-0.2, 0) is 16.1 Å². The molecule has 0 aromatic heterocycles. The number of hydrazine groups is 1. The topological polar surface area (TPSA) is 41.6 Å². The minimum absolute atomic E-state index is 0.0350. The zero-order valence-corrected chi connectivity index (χ0v) is 11.1. The Labute approximate surface area is 108 Å². The molecule has 0 radical (unpaired) electrons. The van der Waals surface area contributed by atoms with Gasteiger partial charge in [-0.2, -0.15) is 0 Å². The van der Waals surface area contributed by atoms with Gasteiger partial charge in [0.25, 0.3) is 0 Å². The summed E-state index contributed by atoms with van der Waals surface area (Å²) in [6, 6.07) is 10.2. The highest BCUT2D eigenvalue weighted by molar-refractivity contribution is 5.84. The third-order valence-electron chi connectivity index (χ3n) is 3.79. The van der Waals surface area contributed by atoms with Crippen LogP contribution >= 0.6 is 0 Å². The first kappa shape index (κ1) is 13.1. The van der Waals surface area contributed by atoms with Gasteiger partial charge in [-0.25, -0.2) is 5.01 Å². The van der Waals surface area contributed by atoms with Crippen LogP contribution in [0.4, 0.5) is 0 Å². The Bertz CT molecular complexity index is 421. The molecule has 2 atom stereocenters. The Morgan fingerprint density at radius 2 is 2.06 bits per heavy atom. The summed E-state index contributed by atoms with van der Waals surface area (Å²) >= 11 is 0. The van der Waals surface area contributed by atoms with Crippen LogP contribution in [0, 0.1) is 5.41 Å². The molecule has 2 unspecified atom stereocenters. The maximum atomic E-state index is 12.1. The highest BCUT2D eigenvalue weighted by Gasteiger charge is 2.48. The number of benzene rings is 1. The average Bonchev–Trinajstić information content (AvgIpc) is 2.56. The summed E-state index contributed by atoms with van der Waals surface area (Å²) in [5.41, 5.74) is 3.65. The Morgan fingerprint density at radius 3 is 2.67 bits per heavy atom. The molecule has 0 saturated carbocycles. The van der Waals surface area contributed by atoms with E-state index in [-0.39, 0.29) is 11.9 Å². The third kappa shape index (κ3) is 2.26. The molecule has 18 heavy (non-hydrogen) atoms. The van der Waals surface area contributed by atoms with E-state index in [0.29, 0.717) is 13.2 Å². The van der Waals surface area contributed by atoms with Crippen LogP contribution < -0.4 is 5.43 Å². The molecule has 1 N–H and O–H groups in total. The van der Waals surface area contributed by atoms with Gasteiger partial charge in [0, 0.05) is 19.7 Å². The van der Waals surface area contributed by atoms with Crippen LogP contribution in [0.2, 0.25) is 0 Å². The minimum Gasteiger partial charge on any atom is -0.384 e. The third-order valence-corrected chi connectivity index (χ3v) is 3.79. The van der Waals surface area contributed by atoms with E-state index in [4.69, 9.17) is 4.74 Å². The number of methoxy groups -OCH3 is 1. The molecule has 0 aliphatic carbocycles. The summed E-state index contributed by atoms with van der Waals surface area (Å²) < 4.78 is 5.18. The van der Waals surface area contributed by atoms with Crippen LogP contribution in [0.1, 0.15) is 19.4 Å². The monoisotopic (exact) mass is 248 g/mol. The van der Waals surface area contributed by atoms with Gasteiger partial charge in [-0.3, -0.25) is 10.2 Å². The maximum absolute atomic E-state index is 12.1. The number of amides is 1. The van der Waals surface area contributed by atoms with E-state index in [2.05, 4.69) is 24.5 Å². The van der Waals surface area contributed by atoms with Crippen molar-refractivity contribution in [2.45, 2.75) is 26.4 Å². The largest absolute Gasteiger partial charge is 0.384 e. The summed E-state index contributed by atoms with van der Waals surface area (Å²) in [6.07, 6.45) is 0. The van der Waals surface area contributed by atoms with E-state index < -0.39 is 5.41 Å². The highest BCUT2D eigenvalue weighted by Crippen LogP contribution is 2.31. The zero-order chi connectivity index (χ0) is 13.2. The van der Waals surface area contributed by atoms with Crippen LogP contribution in [0.25, 0.3) is 0 Å². The Balaban J connectivity index is 2.11. The van der Waals surface area contributed by atoms with Crippen LogP contribution in [0.3, 0.4) is 0 Å². The van der Waals surface area contributed by atoms with Crippen LogP contribution in [0.15, 0.2) is 30.3 Å². The molecule has 1 amide bonds. The van der Waals surface area contributed by atoms with E-state index in [0.717, 1.165) is 0 Å². The lowest BCUT2D eigenvalue weighted by Gasteiger charge is -2.28. The molecule has 1 aliphatic heterocycles. The van der Waals surface area contributed by atoms with Crippen molar-refractivity contribution >= 4 is 5.91 Å². The Kier molecular flexibility index (Phi) is 3.68. The number of carbonyl (C=O) groups is 1. The number of nitrogens with one attached hydrogen (secondary N) is 1. The van der Waals surface area contributed by atoms with Gasteiger partial charge in [0.05, 0.1) is 12.0 Å². The lowest BCUT2D eigenvalue weighted by molar-refractivity contribution is -0.129. The van der Waals surface area contributed by atoms with Crippen molar-refractivity contribution in [2.75, 3.05) is 13.7 Å². The number of rotatable bonds is 4. The van der Waals surface area contributed by atoms with Gasteiger partial charge in [0.15, 0.2) is 0 Å². The second kappa shape index (κ2) is 5.08. The molecule has 1 heterocycles. The Morgan fingerprint density at radius 1 is 1.39 bits per heavy atom. The van der Waals surface area contributed by atoms with Crippen molar-refractivity contribution in [3.63, 3.8) is 0 Å².